The Labute approximate surface area is 133 Å². The van der Waals surface area contributed by atoms with Gasteiger partial charge in [0.2, 0.25) is 0 Å². The fourth-order valence-electron chi connectivity index (χ4n) is 3.18. The smallest absolute Gasteiger partial charge is 0.180 e. The minimum absolute atomic E-state index is 0.106. The Morgan fingerprint density at radius 2 is 2.09 bits per heavy atom. The van der Waals surface area contributed by atoms with Crippen molar-refractivity contribution in [1.29, 1.82) is 0 Å². The lowest BCUT2D eigenvalue weighted by atomic mass is 10.00. The van der Waals surface area contributed by atoms with Gasteiger partial charge >= 0.3 is 0 Å². The van der Waals surface area contributed by atoms with Gasteiger partial charge in [-0.2, -0.15) is 20.5 Å². The Morgan fingerprint density at radius 3 is 2.74 bits per heavy atom. The largest absolute Gasteiger partial charge is 0.381 e. The molecular formula is C13H18N6O3S. The van der Waals surface area contributed by atoms with Crippen LogP contribution >= 0.6 is 0 Å². The van der Waals surface area contributed by atoms with Crippen molar-refractivity contribution in [1.82, 2.24) is 30.2 Å². The molecule has 1 unspecified atom stereocenters. The highest BCUT2D eigenvalue weighted by Gasteiger charge is 2.33. The Balaban J connectivity index is 1.72. The summed E-state index contributed by atoms with van der Waals surface area (Å²) in [4.78, 5) is 4.65. The third kappa shape index (κ3) is 2.88. The average molecular weight is 338 g/mol. The monoisotopic (exact) mass is 338 g/mol. The lowest BCUT2D eigenvalue weighted by Crippen LogP contribution is -2.17. The summed E-state index contributed by atoms with van der Waals surface area (Å²) in [5.74, 6) is 1.88. The van der Waals surface area contributed by atoms with Crippen molar-refractivity contribution in [3.63, 3.8) is 0 Å². The van der Waals surface area contributed by atoms with Crippen LogP contribution in [-0.4, -0.2) is 63.3 Å². The van der Waals surface area contributed by atoms with E-state index in [1.165, 1.54) is 0 Å². The summed E-state index contributed by atoms with van der Waals surface area (Å²) < 4.78 is 30.7. The van der Waals surface area contributed by atoms with E-state index in [-0.39, 0.29) is 23.5 Å². The molecule has 2 fully saturated rings. The SMILES string of the molecule is O=S1(=O)CCC(n2nc(C3CCOCC3)nc2-c2cn[nH]n2)C1. The first-order chi connectivity index (χ1) is 11.1. The van der Waals surface area contributed by atoms with Gasteiger partial charge in [-0.25, -0.2) is 18.1 Å². The van der Waals surface area contributed by atoms with E-state index in [0.29, 0.717) is 31.2 Å². The van der Waals surface area contributed by atoms with Gasteiger partial charge in [-0.3, -0.25) is 0 Å². The number of ether oxygens (including phenoxy) is 1. The Hall–Kier alpha value is -1.81. The predicted molar refractivity (Wildman–Crippen MR) is 80.5 cm³/mol. The van der Waals surface area contributed by atoms with Crippen molar-refractivity contribution in [2.45, 2.75) is 31.2 Å². The molecule has 0 amide bonds. The molecule has 0 aromatic carbocycles. The number of hydrogen-bond donors (Lipinski definition) is 1. The molecule has 0 saturated carbocycles. The summed E-state index contributed by atoms with van der Waals surface area (Å²) in [7, 11) is -3.00. The number of aromatic amines is 1. The Morgan fingerprint density at radius 1 is 1.26 bits per heavy atom. The molecule has 0 spiro atoms. The van der Waals surface area contributed by atoms with E-state index in [0.717, 1.165) is 18.7 Å². The molecule has 4 rings (SSSR count). The fourth-order valence-corrected chi connectivity index (χ4v) is 4.87. The van der Waals surface area contributed by atoms with Crippen LogP contribution in [0.4, 0.5) is 0 Å². The minimum atomic E-state index is -3.00. The molecule has 1 atom stereocenters. The first-order valence-electron chi connectivity index (χ1n) is 7.73. The lowest BCUT2D eigenvalue weighted by molar-refractivity contribution is 0.0835. The summed E-state index contributed by atoms with van der Waals surface area (Å²) in [5.41, 5.74) is 0.583. The van der Waals surface area contributed by atoms with Crippen LogP contribution in [0.1, 0.15) is 37.0 Å². The normalized spacial score (nSPS) is 25.0. The molecule has 2 aromatic rings. The van der Waals surface area contributed by atoms with Crippen molar-refractivity contribution in [2.75, 3.05) is 24.7 Å². The zero-order valence-corrected chi connectivity index (χ0v) is 13.4. The van der Waals surface area contributed by atoms with E-state index in [9.17, 15) is 8.42 Å². The fraction of sp³-hybridized carbons (Fsp3) is 0.692. The van der Waals surface area contributed by atoms with Crippen LogP contribution in [0.5, 0.6) is 0 Å². The van der Waals surface area contributed by atoms with E-state index in [2.05, 4.69) is 25.5 Å². The summed E-state index contributed by atoms with van der Waals surface area (Å²) in [6.45, 7) is 1.41. The van der Waals surface area contributed by atoms with Crippen LogP contribution in [0.2, 0.25) is 0 Å². The second-order valence-electron chi connectivity index (χ2n) is 6.04. The second-order valence-corrected chi connectivity index (χ2v) is 8.27. The molecule has 0 bridgehead atoms. The highest BCUT2D eigenvalue weighted by molar-refractivity contribution is 7.91. The first kappa shape index (κ1) is 14.8. The molecule has 10 heteroatoms. The van der Waals surface area contributed by atoms with Crippen LogP contribution in [0, 0.1) is 0 Å². The molecular weight excluding hydrogens is 320 g/mol. The Kier molecular flexibility index (Phi) is 3.64. The van der Waals surface area contributed by atoms with Crippen molar-refractivity contribution in [3.05, 3.63) is 12.0 Å². The maximum atomic E-state index is 11.8. The van der Waals surface area contributed by atoms with Crippen LogP contribution in [0.15, 0.2) is 6.20 Å². The number of nitrogens with zero attached hydrogens (tertiary/aromatic N) is 5. The quantitative estimate of drug-likeness (QED) is 0.856. The molecule has 124 valence electrons. The minimum Gasteiger partial charge on any atom is -0.381 e. The summed E-state index contributed by atoms with van der Waals surface area (Å²) >= 11 is 0. The zero-order chi connectivity index (χ0) is 15.9. The number of nitrogens with one attached hydrogen (secondary N) is 1. The molecule has 9 nitrogen and oxygen atoms in total. The molecule has 1 N–H and O–H groups in total. The molecule has 2 aliphatic heterocycles. The summed E-state index contributed by atoms with van der Waals surface area (Å²) in [5, 5.41) is 15.1. The molecule has 4 heterocycles. The van der Waals surface area contributed by atoms with Gasteiger partial charge in [0.05, 0.1) is 23.7 Å². The number of aromatic nitrogens is 6. The highest BCUT2D eigenvalue weighted by atomic mass is 32.2. The molecule has 2 aromatic heterocycles. The third-order valence-electron chi connectivity index (χ3n) is 4.43. The first-order valence-corrected chi connectivity index (χ1v) is 9.55. The summed E-state index contributed by atoms with van der Waals surface area (Å²) in [6, 6.07) is -0.187. The van der Waals surface area contributed by atoms with E-state index < -0.39 is 9.84 Å². The van der Waals surface area contributed by atoms with Crippen molar-refractivity contribution in [2.24, 2.45) is 0 Å². The van der Waals surface area contributed by atoms with E-state index in [1.54, 1.807) is 10.9 Å². The second kappa shape index (κ2) is 5.68. The highest BCUT2D eigenvalue weighted by Crippen LogP contribution is 2.31. The van der Waals surface area contributed by atoms with E-state index >= 15 is 0 Å². The maximum absolute atomic E-state index is 11.8. The van der Waals surface area contributed by atoms with E-state index in [1.807, 2.05) is 0 Å². The number of hydrogen-bond acceptors (Lipinski definition) is 7. The van der Waals surface area contributed by atoms with Gasteiger partial charge in [0.25, 0.3) is 0 Å². The zero-order valence-electron chi connectivity index (χ0n) is 12.6. The molecule has 2 saturated heterocycles. The third-order valence-corrected chi connectivity index (χ3v) is 6.18. The standard InChI is InChI=1S/C13H18N6O3S/c20-23(21)6-3-10(8-23)19-13(11-7-14-18-16-11)15-12(17-19)9-1-4-22-5-2-9/h7,9-10H,1-6,8H2,(H,14,16,18). The number of sulfone groups is 1. The van der Waals surface area contributed by atoms with Gasteiger partial charge < -0.3 is 4.74 Å². The van der Waals surface area contributed by atoms with Crippen LogP contribution in [0.3, 0.4) is 0 Å². The van der Waals surface area contributed by atoms with Gasteiger partial charge in [0.1, 0.15) is 5.69 Å². The van der Waals surface area contributed by atoms with Gasteiger partial charge in [-0.15, -0.1) is 0 Å². The van der Waals surface area contributed by atoms with Crippen LogP contribution in [0.25, 0.3) is 11.5 Å². The molecule has 0 radical (unpaired) electrons. The van der Waals surface area contributed by atoms with Gasteiger partial charge in [-0.1, -0.05) is 0 Å². The van der Waals surface area contributed by atoms with Crippen molar-refractivity contribution >= 4 is 9.84 Å². The summed E-state index contributed by atoms with van der Waals surface area (Å²) in [6.07, 6.45) is 3.90. The van der Waals surface area contributed by atoms with Crippen molar-refractivity contribution < 1.29 is 13.2 Å². The Bertz CT molecular complexity index is 779. The molecule has 2 aliphatic rings. The van der Waals surface area contributed by atoms with Crippen molar-refractivity contribution in [3.8, 4) is 11.5 Å². The van der Waals surface area contributed by atoms with Crippen LogP contribution in [-0.2, 0) is 14.6 Å². The number of H-pyrrole nitrogens is 1. The van der Waals surface area contributed by atoms with Gasteiger partial charge in [-0.05, 0) is 19.3 Å². The average Bonchev–Trinajstić information content (AvgIpc) is 3.25. The maximum Gasteiger partial charge on any atom is 0.180 e. The van der Waals surface area contributed by atoms with Gasteiger partial charge in [0.15, 0.2) is 21.5 Å². The molecule has 23 heavy (non-hydrogen) atoms. The van der Waals surface area contributed by atoms with E-state index in [4.69, 9.17) is 4.74 Å². The number of rotatable bonds is 3. The lowest BCUT2D eigenvalue weighted by Gasteiger charge is -2.19. The topological polar surface area (TPSA) is 116 Å². The molecule has 0 aliphatic carbocycles. The predicted octanol–water partition coefficient (Wildman–Crippen LogP) is 0.317. The van der Waals surface area contributed by atoms with Gasteiger partial charge in [0, 0.05) is 19.1 Å². The van der Waals surface area contributed by atoms with Crippen LogP contribution < -0.4 is 0 Å².